The number of hydrogen-bond acceptors (Lipinski definition) is 7. The van der Waals surface area contributed by atoms with Crippen LogP contribution in [-0.2, 0) is 19.1 Å². The van der Waals surface area contributed by atoms with Gasteiger partial charge in [-0.3, -0.25) is 14.4 Å². The van der Waals surface area contributed by atoms with Gasteiger partial charge in [0.15, 0.2) is 0 Å². The summed E-state index contributed by atoms with van der Waals surface area (Å²) in [7, 11) is 0. The summed E-state index contributed by atoms with van der Waals surface area (Å²) < 4.78 is 11.6. The average Bonchev–Trinajstić information content (AvgIpc) is 3.75. The number of para-hydroxylation sites is 1. The second-order valence-electron chi connectivity index (χ2n) is 19.6. The van der Waals surface area contributed by atoms with E-state index in [1.54, 1.807) is 6.20 Å². The highest BCUT2D eigenvalue weighted by Gasteiger charge is 2.16. The van der Waals surface area contributed by atoms with Gasteiger partial charge in [0.05, 0.1) is 18.3 Å². The number of aliphatic hydroxyl groups is 1. The van der Waals surface area contributed by atoms with Crippen molar-refractivity contribution in [3.05, 3.63) is 36.0 Å². The predicted octanol–water partition coefficient (Wildman–Crippen LogP) is 15.1. The number of nitrogens with one attached hydrogen (secondary N) is 2. The van der Waals surface area contributed by atoms with Gasteiger partial charge in [-0.25, -0.2) is 0 Å². The van der Waals surface area contributed by atoms with Crippen molar-refractivity contribution >= 4 is 28.7 Å². The van der Waals surface area contributed by atoms with Crippen LogP contribution in [0.25, 0.3) is 10.9 Å². The lowest BCUT2D eigenvalue weighted by Gasteiger charge is -2.25. The summed E-state index contributed by atoms with van der Waals surface area (Å²) in [4.78, 5) is 43.7. The number of esters is 2. The summed E-state index contributed by atoms with van der Waals surface area (Å²) >= 11 is 0. The molecule has 0 saturated heterocycles. The molecule has 1 unspecified atom stereocenters. The van der Waals surface area contributed by atoms with Crippen molar-refractivity contribution in [1.29, 1.82) is 0 Å². The highest BCUT2D eigenvalue weighted by atomic mass is 16.5. The topological polar surface area (TPSA) is 121 Å². The minimum atomic E-state index is -0.428. The highest BCUT2D eigenvalue weighted by molar-refractivity contribution is 6.06. The van der Waals surface area contributed by atoms with Crippen molar-refractivity contribution in [2.45, 2.75) is 264 Å². The first kappa shape index (κ1) is 59.2. The number of hydrogen-bond donors (Lipinski definition) is 3. The molecule has 9 nitrogen and oxygen atoms in total. The molecular formula is C57H101N3O6. The van der Waals surface area contributed by atoms with Gasteiger partial charge in [-0.15, -0.1) is 0 Å². The number of carbonyl (C=O) groups is 3. The minimum absolute atomic E-state index is 0.0131. The van der Waals surface area contributed by atoms with Crippen LogP contribution in [0.4, 0.5) is 0 Å². The van der Waals surface area contributed by atoms with E-state index >= 15 is 0 Å². The van der Waals surface area contributed by atoms with Gasteiger partial charge in [-0.1, -0.05) is 180 Å². The van der Waals surface area contributed by atoms with Crippen LogP contribution in [0.15, 0.2) is 30.5 Å². The number of aromatic nitrogens is 1. The predicted molar refractivity (Wildman–Crippen MR) is 277 cm³/mol. The summed E-state index contributed by atoms with van der Waals surface area (Å²) in [6, 6.07) is 7.83. The van der Waals surface area contributed by atoms with Gasteiger partial charge < -0.3 is 29.8 Å². The van der Waals surface area contributed by atoms with E-state index in [0.29, 0.717) is 44.5 Å². The molecule has 0 radical (unpaired) electrons. The molecule has 0 fully saturated rings. The summed E-state index contributed by atoms with van der Waals surface area (Å²) in [5.41, 5.74) is 1.62. The molecule has 1 aromatic carbocycles. The number of aromatic amines is 1. The molecule has 0 aliphatic heterocycles. The fourth-order valence-corrected chi connectivity index (χ4v) is 9.14. The summed E-state index contributed by atoms with van der Waals surface area (Å²) in [5.74, 6) is -0.160. The van der Waals surface area contributed by atoms with Crippen molar-refractivity contribution in [3.63, 3.8) is 0 Å². The number of ether oxygens (including phenoxy) is 2. The van der Waals surface area contributed by atoms with Gasteiger partial charge in [0.2, 0.25) is 0 Å². The van der Waals surface area contributed by atoms with E-state index in [0.717, 1.165) is 127 Å². The maximum atomic E-state index is 12.9. The third-order valence-electron chi connectivity index (χ3n) is 13.3. The number of H-pyrrole nitrogens is 1. The minimum Gasteiger partial charge on any atom is -0.466 e. The van der Waals surface area contributed by atoms with Crippen LogP contribution in [-0.4, -0.2) is 77.8 Å². The van der Waals surface area contributed by atoms with Crippen molar-refractivity contribution in [2.24, 2.45) is 0 Å². The number of aliphatic hydroxyl groups excluding tert-OH is 1. The second-order valence-corrected chi connectivity index (χ2v) is 19.6. The van der Waals surface area contributed by atoms with E-state index in [4.69, 9.17) is 9.47 Å². The summed E-state index contributed by atoms with van der Waals surface area (Å²) in [5, 5.41) is 15.1. The Bertz CT molecular complexity index is 1430. The molecule has 380 valence electrons. The molecule has 66 heavy (non-hydrogen) atoms. The zero-order valence-electron chi connectivity index (χ0n) is 43.0. The van der Waals surface area contributed by atoms with E-state index in [2.05, 4.69) is 36.0 Å². The Morgan fingerprint density at radius 1 is 0.576 bits per heavy atom. The first-order valence-electron chi connectivity index (χ1n) is 28.0. The van der Waals surface area contributed by atoms with E-state index in [9.17, 15) is 19.5 Å². The fourth-order valence-electron chi connectivity index (χ4n) is 9.14. The highest BCUT2D eigenvalue weighted by Crippen LogP contribution is 2.20. The third kappa shape index (κ3) is 32.0. The van der Waals surface area contributed by atoms with Crippen molar-refractivity contribution < 1.29 is 29.0 Å². The smallest absolute Gasteiger partial charge is 0.306 e. The lowest BCUT2D eigenvalue weighted by molar-refractivity contribution is -0.150. The number of rotatable bonds is 47. The monoisotopic (exact) mass is 924 g/mol. The molecule has 0 aliphatic carbocycles. The Balaban J connectivity index is 1.70. The molecule has 0 bridgehead atoms. The zero-order valence-corrected chi connectivity index (χ0v) is 43.0. The maximum absolute atomic E-state index is 12.9. The largest absolute Gasteiger partial charge is 0.466 e. The summed E-state index contributed by atoms with van der Waals surface area (Å²) in [6.45, 7) is 10.3. The quantitative estimate of drug-likeness (QED) is 0.0446. The van der Waals surface area contributed by atoms with Gasteiger partial charge in [0, 0.05) is 43.0 Å². The van der Waals surface area contributed by atoms with E-state index in [-0.39, 0.29) is 23.9 Å². The van der Waals surface area contributed by atoms with Crippen LogP contribution in [0.1, 0.15) is 262 Å². The average molecular weight is 924 g/mol. The number of amides is 1. The van der Waals surface area contributed by atoms with Crippen LogP contribution in [0.3, 0.4) is 0 Å². The van der Waals surface area contributed by atoms with Gasteiger partial charge in [-0.05, 0) is 96.2 Å². The molecule has 9 heteroatoms. The Labute approximate surface area is 404 Å². The van der Waals surface area contributed by atoms with Crippen LogP contribution >= 0.6 is 0 Å². The summed E-state index contributed by atoms with van der Waals surface area (Å²) in [6.07, 6.45) is 41.2. The standard InChI is InChI=1S/C57H101N3O6/c1-4-7-10-13-16-17-18-24-36-47-65-55(62)42-29-25-35-46-60(49-50(61)37-32-33-44-58-57(64)53-48-59-54-41-31-30-40-52(53)54)45-34-23-19-22-28-43-56(63)66-51(38-26-20-14-11-8-5-2)39-27-21-15-12-9-6-3/h30-31,40-41,48,50-51,59,61H,4-29,32-39,42-47,49H2,1-3H3,(H,58,64). The molecule has 1 heterocycles. The first-order valence-corrected chi connectivity index (χ1v) is 28.0. The molecule has 0 aliphatic rings. The van der Waals surface area contributed by atoms with Crippen LogP contribution in [0.2, 0.25) is 0 Å². The van der Waals surface area contributed by atoms with E-state index in [1.165, 1.54) is 109 Å². The lowest BCUT2D eigenvalue weighted by atomic mass is 10.0. The van der Waals surface area contributed by atoms with E-state index < -0.39 is 6.10 Å². The number of benzene rings is 1. The van der Waals surface area contributed by atoms with Crippen molar-refractivity contribution in [2.75, 3.05) is 32.8 Å². The lowest BCUT2D eigenvalue weighted by Crippen LogP contribution is -2.34. The normalized spacial score (nSPS) is 12.1. The Morgan fingerprint density at radius 3 is 1.67 bits per heavy atom. The van der Waals surface area contributed by atoms with Crippen LogP contribution in [0.5, 0.6) is 0 Å². The Kier molecular flexibility index (Phi) is 37.9. The molecule has 0 spiro atoms. The molecule has 0 saturated carbocycles. The number of carbonyl (C=O) groups excluding carboxylic acids is 3. The van der Waals surface area contributed by atoms with Crippen LogP contribution < -0.4 is 5.32 Å². The van der Waals surface area contributed by atoms with Crippen molar-refractivity contribution in [1.82, 2.24) is 15.2 Å². The Morgan fingerprint density at radius 2 is 1.06 bits per heavy atom. The SMILES string of the molecule is CCCCCCCCCCCOC(=O)CCCCCN(CCCCCCCC(=O)OC(CCCCCCCC)CCCCCCCC)CC(O)CCCCNC(=O)c1c[nH]c2ccccc12. The number of nitrogens with zero attached hydrogens (tertiary/aromatic N) is 1. The molecule has 2 rings (SSSR count). The maximum Gasteiger partial charge on any atom is 0.306 e. The van der Waals surface area contributed by atoms with Crippen molar-refractivity contribution in [3.8, 4) is 0 Å². The zero-order chi connectivity index (χ0) is 47.6. The fraction of sp³-hybridized carbons (Fsp3) is 0.807. The number of fused-ring (bicyclic) bond motifs is 1. The second kappa shape index (κ2) is 42.2. The van der Waals surface area contributed by atoms with Gasteiger partial charge in [0.1, 0.15) is 6.10 Å². The molecule has 1 atom stereocenters. The first-order chi connectivity index (χ1) is 32.4. The molecule has 2 aromatic rings. The van der Waals surface area contributed by atoms with Crippen LogP contribution in [0, 0.1) is 0 Å². The molecule has 1 aromatic heterocycles. The Hall–Kier alpha value is -2.91. The van der Waals surface area contributed by atoms with Gasteiger partial charge >= 0.3 is 11.9 Å². The van der Waals surface area contributed by atoms with Gasteiger partial charge in [0.25, 0.3) is 5.91 Å². The molecular weight excluding hydrogens is 823 g/mol. The third-order valence-corrected chi connectivity index (χ3v) is 13.3. The molecule has 1 amide bonds. The number of unbranched alkanes of at least 4 members (excludes halogenated alkanes) is 25. The van der Waals surface area contributed by atoms with E-state index in [1.807, 2.05) is 24.3 Å². The molecule has 3 N–H and O–H groups in total. The van der Waals surface area contributed by atoms with Gasteiger partial charge in [-0.2, -0.15) is 0 Å².